The van der Waals surface area contributed by atoms with E-state index in [9.17, 15) is 56.7 Å². The maximum Gasteiger partial charge on any atom is 1.00 e. The first-order valence-electron chi connectivity index (χ1n) is 16.1. The predicted molar refractivity (Wildman–Crippen MR) is 203 cm³/mol. The van der Waals surface area contributed by atoms with Gasteiger partial charge in [-0.25, -0.2) is 38.5 Å². The van der Waals surface area contributed by atoms with Crippen LogP contribution < -0.4 is 140 Å². The number of aryl methyl sites for hydroxylation is 2. The van der Waals surface area contributed by atoms with Crippen LogP contribution >= 0.6 is 0 Å². The number of urea groups is 1. The number of nitrogens with zero attached hydrogens (tertiary/aromatic N) is 4. The van der Waals surface area contributed by atoms with Gasteiger partial charge in [0.2, 0.25) is 0 Å². The number of carbonyl (C=O) groups is 1. The Morgan fingerprint density at radius 2 is 0.984 bits per heavy atom. The van der Waals surface area contributed by atoms with Crippen LogP contribution in [0.4, 0.5) is 38.9 Å². The van der Waals surface area contributed by atoms with Gasteiger partial charge < -0.3 is 28.8 Å². The first kappa shape index (κ1) is 56.3. The molecule has 0 heterocycles. The van der Waals surface area contributed by atoms with Crippen molar-refractivity contribution >= 4 is 102 Å². The van der Waals surface area contributed by atoms with E-state index in [1.54, 1.807) is 26.0 Å². The minimum atomic E-state index is -5.19. The number of fused-ring (bicyclic) bond motifs is 2. The molecule has 0 aliphatic heterocycles. The predicted octanol–water partition coefficient (Wildman–Crippen LogP) is -5.28. The summed E-state index contributed by atoms with van der Waals surface area (Å²) in [5.74, 6) is 0. The molecule has 2 amide bonds. The molecule has 6 rings (SSSR count). The van der Waals surface area contributed by atoms with Crippen molar-refractivity contribution < 1.29 is 186 Å². The summed E-state index contributed by atoms with van der Waals surface area (Å²) in [5.41, 5.74) is 2.22. The summed E-state index contributed by atoms with van der Waals surface area (Å²) in [6.07, 6.45) is 0. The molecule has 0 aliphatic rings. The molecule has 0 unspecified atom stereocenters. The van der Waals surface area contributed by atoms with E-state index in [2.05, 4.69) is 31.1 Å². The fraction of sp³-hybridized carbons (Fsp3) is 0.0571. The second kappa shape index (κ2) is 22.1. The van der Waals surface area contributed by atoms with Crippen molar-refractivity contribution in [1.82, 2.24) is 0 Å². The normalized spacial score (nSPS) is 12.0. The monoisotopic (exact) mass is 956 g/mol. The van der Waals surface area contributed by atoms with Gasteiger partial charge in [0.05, 0.1) is 42.3 Å². The van der Waals surface area contributed by atoms with Gasteiger partial charge in [-0.1, -0.05) is 18.2 Å². The minimum absolute atomic E-state index is 0. The third kappa shape index (κ3) is 13.9. The summed E-state index contributed by atoms with van der Waals surface area (Å²) in [6, 6.07) is 19.1. The summed E-state index contributed by atoms with van der Waals surface area (Å²) in [4.78, 5) is 9.51. The van der Waals surface area contributed by atoms with Crippen molar-refractivity contribution in [2.75, 3.05) is 10.6 Å². The van der Waals surface area contributed by atoms with Gasteiger partial charge in [-0.05, 0) is 109 Å². The molecule has 6 aromatic carbocycles. The van der Waals surface area contributed by atoms with Crippen molar-refractivity contribution in [3.05, 3.63) is 108 Å². The number of hydrogen-bond acceptors (Lipinski definition) is 17. The summed E-state index contributed by atoms with van der Waals surface area (Å²) >= 11 is 0. The molecular formula is C35H24KLiN6Na2O13S4. The zero-order chi connectivity index (χ0) is 42.4. The van der Waals surface area contributed by atoms with Crippen LogP contribution in [-0.2, 0) is 40.5 Å². The van der Waals surface area contributed by atoms with E-state index < -0.39 is 66.1 Å². The second-order valence-corrected chi connectivity index (χ2v) is 17.8. The molecule has 2 N–H and O–H groups in total. The minimum Gasteiger partial charge on any atom is -0.744 e. The first-order chi connectivity index (χ1) is 27.0. The maximum atomic E-state index is 12.8. The fourth-order valence-electron chi connectivity index (χ4n) is 5.70. The zero-order valence-electron chi connectivity index (χ0n) is 33.5. The molecule has 0 aromatic heterocycles. The van der Waals surface area contributed by atoms with Gasteiger partial charge in [0, 0.05) is 27.5 Å². The number of carbonyl (C=O) groups excluding carboxylic acids is 1. The molecule has 0 atom stereocenters. The number of azo groups is 2. The largest absolute Gasteiger partial charge is 1.00 e. The smallest absolute Gasteiger partial charge is 0.744 e. The SMILES string of the molecule is Cc1cc(NC(=O)Nc2ccc(N=Nc3cc(S(=O)(=O)[O-])c4cccc(S(=O)(=O)[O-])c4c3)c(C)c2)ccc1N=Nc1ccc2cc(S(=O)(=O)[O-])cc(S(=O)(=O)[O-])c2c1.[K+].[Li+].[Na+].[Na+]. The summed E-state index contributed by atoms with van der Waals surface area (Å²) < 4.78 is 141. The van der Waals surface area contributed by atoms with Crippen LogP contribution in [-0.4, -0.2) is 57.9 Å². The number of benzene rings is 6. The van der Waals surface area contributed by atoms with E-state index in [0.29, 0.717) is 34.3 Å². The average molecular weight is 957 g/mol. The summed E-state index contributed by atoms with van der Waals surface area (Å²) in [5, 5.41) is 20.8. The number of nitrogens with one attached hydrogen (secondary N) is 2. The van der Waals surface area contributed by atoms with Gasteiger partial charge in [-0.3, -0.25) is 0 Å². The Labute approximate surface area is 454 Å². The first-order valence-corrected chi connectivity index (χ1v) is 21.7. The molecule has 0 bridgehead atoms. The van der Waals surface area contributed by atoms with Gasteiger partial charge in [0.25, 0.3) is 0 Å². The fourth-order valence-corrected chi connectivity index (χ4v) is 8.42. The van der Waals surface area contributed by atoms with Gasteiger partial charge in [-0.15, -0.1) is 0 Å². The Bertz CT molecular complexity index is 3260. The summed E-state index contributed by atoms with van der Waals surface area (Å²) in [6.45, 7) is 3.30. The van der Waals surface area contributed by atoms with E-state index in [-0.39, 0.29) is 168 Å². The van der Waals surface area contributed by atoms with E-state index in [0.717, 1.165) is 30.3 Å². The topological polar surface area (TPSA) is 319 Å². The Morgan fingerprint density at radius 1 is 0.500 bits per heavy atom. The van der Waals surface area contributed by atoms with Crippen LogP contribution in [0.25, 0.3) is 21.5 Å². The number of anilines is 2. The Balaban J connectivity index is 0.00000331. The molecule has 0 spiro atoms. The molecule has 300 valence electrons. The number of rotatable bonds is 10. The number of hydrogen-bond donors (Lipinski definition) is 2. The van der Waals surface area contributed by atoms with Crippen LogP contribution in [0.3, 0.4) is 0 Å². The van der Waals surface area contributed by atoms with Gasteiger partial charge in [0.1, 0.15) is 40.5 Å². The Hall–Kier alpha value is -1.82. The third-order valence-electron chi connectivity index (χ3n) is 8.33. The summed E-state index contributed by atoms with van der Waals surface area (Å²) in [7, 11) is -20.4. The molecule has 0 radical (unpaired) electrons. The van der Waals surface area contributed by atoms with Gasteiger partial charge in [0.15, 0.2) is 0 Å². The van der Waals surface area contributed by atoms with Crippen molar-refractivity contribution in [3.8, 4) is 0 Å². The molecule has 27 heteroatoms. The van der Waals surface area contributed by atoms with E-state index in [1.807, 2.05) is 0 Å². The Morgan fingerprint density at radius 3 is 1.47 bits per heavy atom. The van der Waals surface area contributed by atoms with Crippen molar-refractivity contribution in [1.29, 1.82) is 0 Å². The van der Waals surface area contributed by atoms with Crippen molar-refractivity contribution in [2.45, 2.75) is 33.4 Å². The third-order valence-corrected chi connectivity index (χ3v) is 11.8. The van der Waals surface area contributed by atoms with E-state index in [4.69, 9.17) is 0 Å². The molecule has 0 saturated heterocycles. The molecule has 0 fully saturated rings. The standard InChI is InChI=1S/C35H28N6O13S4.K.Li.2Na/c1-19-12-22(8-10-30(19)40-38-24-7-6-21-14-26(55(43,44)45)18-34(28(21)15-24)58(52,53)54)36-35(42)37-23-9-11-31(20(2)13-23)41-39-25-16-29-27(33(17-25)57(49,50)51)4-3-5-32(29)56(46,47)48;;;;/h3-18H,1-2H3,(H2,36,37,42)(H,43,44,45)(H,46,47,48)(H,49,50,51)(H,52,53,54);;;;/q;4*+1/p-4. The zero-order valence-corrected chi connectivity index (χ0v) is 43.9. The van der Waals surface area contributed by atoms with Crippen LogP contribution in [0.2, 0.25) is 0 Å². The van der Waals surface area contributed by atoms with Crippen molar-refractivity contribution in [3.63, 3.8) is 0 Å². The van der Waals surface area contributed by atoms with Crippen LogP contribution in [0, 0.1) is 13.8 Å². The molecule has 0 saturated carbocycles. The molecule has 62 heavy (non-hydrogen) atoms. The quantitative estimate of drug-likeness (QED) is 0.0738. The Kier molecular flexibility index (Phi) is 20.1. The molecule has 6 aromatic rings. The van der Waals surface area contributed by atoms with Crippen molar-refractivity contribution in [2.24, 2.45) is 20.5 Å². The number of amides is 2. The van der Waals surface area contributed by atoms with E-state index >= 15 is 0 Å². The van der Waals surface area contributed by atoms with E-state index in [1.165, 1.54) is 48.5 Å². The maximum absolute atomic E-state index is 12.8. The molecular weight excluding hydrogens is 933 g/mol. The van der Waals surface area contributed by atoms with Crippen LogP contribution in [0.15, 0.2) is 137 Å². The second-order valence-electron chi connectivity index (χ2n) is 12.4. The van der Waals surface area contributed by atoms with Crippen LogP contribution in [0.5, 0.6) is 0 Å². The van der Waals surface area contributed by atoms with Gasteiger partial charge in [-0.2, -0.15) is 20.5 Å². The average Bonchev–Trinajstić information content (AvgIpc) is 3.11. The molecule has 0 aliphatic carbocycles. The molecule has 19 nitrogen and oxygen atoms in total. The van der Waals surface area contributed by atoms with Gasteiger partial charge >= 0.3 is 135 Å². The van der Waals surface area contributed by atoms with Crippen LogP contribution in [0.1, 0.15) is 11.1 Å².